The number of rotatable bonds is 3. The van der Waals surface area contributed by atoms with E-state index < -0.39 is 0 Å². The molecule has 2 rings (SSSR count). The maximum absolute atomic E-state index is 9.45. The van der Waals surface area contributed by atoms with E-state index in [2.05, 4.69) is 39.8 Å². The van der Waals surface area contributed by atoms with Crippen LogP contribution in [0.2, 0.25) is 0 Å². The quantitative estimate of drug-likeness (QED) is 0.927. The standard InChI is InChI=1S/C13H19BrN2O/c1-15(2)11-5-6-16(9-11)8-10-3-4-13(17)12(14)7-10/h3-4,7,11,17H,5-6,8-9H2,1-2H3. The third-order valence-electron chi connectivity index (χ3n) is 3.40. The Kier molecular flexibility index (Phi) is 4.07. The van der Waals surface area contributed by atoms with Crippen LogP contribution in [-0.2, 0) is 6.54 Å². The van der Waals surface area contributed by atoms with Crippen molar-refractivity contribution in [3.8, 4) is 5.75 Å². The van der Waals surface area contributed by atoms with Crippen molar-refractivity contribution in [3.05, 3.63) is 28.2 Å². The van der Waals surface area contributed by atoms with Gasteiger partial charge in [-0.3, -0.25) is 4.90 Å². The average molecular weight is 299 g/mol. The van der Waals surface area contributed by atoms with E-state index in [0.29, 0.717) is 11.8 Å². The third-order valence-corrected chi connectivity index (χ3v) is 4.03. The monoisotopic (exact) mass is 298 g/mol. The van der Waals surface area contributed by atoms with Gasteiger partial charge in [0.1, 0.15) is 5.75 Å². The van der Waals surface area contributed by atoms with Gasteiger partial charge in [0, 0.05) is 25.7 Å². The fourth-order valence-corrected chi connectivity index (χ4v) is 2.71. The van der Waals surface area contributed by atoms with Crippen molar-refractivity contribution in [1.82, 2.24) is 9.80 Å². The summed E-state index contributed by atoms with van der Waals surface area (Å²) in [5.41, 5.74) is 1.24. The van der Waals surface area contributed by atoms with Crippen LogP contribution in [-0.4, -0.2) is 48.1 Å². The van der Waals surface area contributed by atoms with Crippen LogP contribution in [0.3, 0.4) is 0 Å². The SMILES string of the molecule is CN(C)C1CCN(Cc2ccc(O)c(Br)c2)C1. The second-order valence-electron chi connectivity index (χ2n) is 4.93. The fourth-order valence-electron chi connectivity index (χ4n) is 2.28. The van der Waals surface area contributed by atoms with E-state index in [1.807, 2.05) is 12.1 Å². The number of aromatic hydroxyl groups is 1. The van der Waals surface area contributed by atoms with Gasteiger partial charge in [0.2, 0.25) is 0 Å². The van der Waals surface area contributed by atoms with Crippen molar-refractivity contribution in [2.75, 3.05) is 27.2 Å². The molecule has 0 aliphatic carbocycles. The van der Waals surface area contributed by atoms with Gasteiger partial charge in [0.15, 0.2) is 0 Å². The predicted octanol–water partition coefficient (Wildman–Crippen LogP) is 2.29. The first-order chi connectivity index (χ1) is 8.06. The molecule has 1 fully saturated rings. The Bertz CT molecular complexity index is 395. The molecule has 3 nitrogen and oxygen atoms in total. The highest BCUT2D eigenvalue weighted by Gasteiger charge is 2.23. The second kappa shape index (κ2) is 5.38. The Labute approximate surface area is 111 Å². The Morgan fingerprint density at radius 2 is 2.24 bits per heavy atom. The topological polar surface area (TPSA) is 26.7 Å². The molecule has 1 unspecified atom stereocenters. The molecule has 1 atom stereocenters. The molecule has 4 heteroatoms. The highest BCUT2D eigenvalue weighted by Crippen LogP contribution is 2.25. The summed E-state index contributed by atoms with van der Waals surface area (Å²) in [7, 11) is 4.29. The van der Waals surface area contributed by atoms with Gasteiger partial charge in [0.05, 0.1) is 4.47 Å². The smallest absolute Gasteiger partial charge is 0.129 e. The van der Waals surface area contributed by atoms with E-state index in [-0.39, 0.29) is 0 Å². The van der Waals surface area contributed by atoms with Gasteiger partial charge >= 0.3 is 0 Å². The molecule has 0 aromatic heterocycles. The van der Waals surface area contributed by atoms with Crippen LogP contribution < -0.4 is 0 Å². The van der Waals surface area contributed by atoms with Crippen molar-refractivity contribution >= 4 is 15.9 Å². The normalized spacial score (nSPS) is 21.3. The number of hydrogen-bond acceptors (Lipinski definition) is 3. The minimum atomic E-state index is 0.307. The zero-order valence-corrected chi connectivity index (χ0v) is 11.9. The van der Waals surface area contributed by atoms with Gasteiger partial charge in [-0.2, -0.15) is 0 Å². The number of phenols is 1. The van der Waals surface area contributed by atoms with Crippen LogP contribution in [0.25, 0.3) is 0 Å². The highest BCUT2D eigenvalue weighted by molar-refractivity contribution is 9.10. The Balaban J connectivity index is 1.96. The first-order valence-electron chi connectivity index (χ1n) is 5.92. The Morgan fingerprint density at radius 1 is 1.47 bits per heavy atom. The van der Waals surface area contributed by atoms with Gasteiger partial charge in [-0.15, -0.1) is 0 Å². The number of nitrogens with zero attached hydrogens (tertiary/aromatic N) is 2. The van der Waals surface area contributed by atoms with Crippen LogP contribution in [0, 0.1) is 0 Å². The summed E-state index contributed by atoms with van der Waals surface area (Å²) in [4.78, 5) is 4.76. The summed E-state index contributed by atoms with van der Waals surface area (Å²) in [6.07, 6.45) is 1.24. The summed E-state index contributed by atoms with van der Waals surface area (Å²) < 4.78 is 0.776. The molecule has 0 saturated carbocycles. The largest absolute Gasteiger partial charge is 0.507 e. The fraction of sp³-hybridized carbons (Fsp3) is 0.538. The highest BCUT2D eigenvalue weighted by atomic mass is 79.9. The first kappa shape index (κ1) is 12.9. The van der Waals surface area contributed by atoms with Gasteiger partial charge in [0.25, 0.3) is 0 Å². The minimum absolute atomic E-state index is 0.307. The van der Waals surface area contributed by atoms with E-state index in [0.717, 1.165) is 24.1 Å². The molecular formula is C13H19BrN2O. The van der Waals surface area contributed by atoms with E-state index in [1.54, 1.807) is 6.07 Å². The summed E-state index contributed by atoms with van der Waals surface area (Å²) in [6.45, 7) is 3.25. The van der Waals surface area contributed by atoms with Crippen LogP contribution in [0.4, 0.5) is 0 Å². The Hall–Kier alpha value is -0.580. The summed E-state index contributed by atoms with van der Waals surface area (Å²) in [5.74, 6) is 0.307. The number of benzene rings is 1. The lowest BCUT2D eigenvalue weighted by atomic mass is 10.2. The molecule has 1 heterocycles. The average Bonchev–Trinajstić information content (AvgIpc) is 2.72. The zero-order chi connectivity index (χ0) is 12.4. The van der Waals surface area contributed by atoms with Crippen molar-refractivity contribution in [2.24, 2.45) is 0 Å². The van der Waals surface area contributed by atoms with E-state index >= 15 is 0 Å². The molecule has 0 bridgehead atoms. The predicted molar refractivity (Wildman–Crippen MR) is 73.2 cm³/mol. The van der Waals surface area contributed by atoms with E-state index in [4.69, 9.17) is 0 Å². The number of likely N-dealkylation sites (N-methyl/N-ethyl adjacent to an activating group) is 1. The summed E-state index contributed by atoms with van der Waals surface area (Å²) in [5, 5.41) is 9.45. The van der Waals surface area contributed by atoms with Gasteiger partial charge in [-0.25, -0.2) is 0 Å². The summed E-state index contributed by atoms with van der Waals surface area (Å²) >= 11 is 3.35. The van der Waals surface area contributed by atoms with Crippen LogP contribution in [0.1, 0.15) is 12.0 Å². The lowest BCUT2D eigenvalue weighted by Crippen LogP contribution is -2.31. The molecule has 1 aliphatic rings. The molecule has 0 spiro atoms. The molecule has 1 N–H and O–H groups in total. The van der Waals surface area contributed by atoms with Gasteiger partial charge in [-0.1, -0.05) is 6.07 Å². The molecule has 1 aliphatic heterocycles. The molecule has 17 heavy (non-hydrogen) atoms. The number of hydrogen-bond donors (Lipinski definition) is 1. The lowest BCUT2D eigenvalue weighted by Gasteiger charge is -2.20. The molecule has 0 radical (unpaired) electrons. The van der Waals surface area contributed by atoms with Gasteiger partial charge in [-0.05, 0) is 54.1 Å². The Morgan fingerprint density at radius 3 is 2.82 bits per heavy atom. The number of halogens is 1. The molecule has 1 aromatic rings. The van der Waals surface area contributed by atoms with E-state index in [1.165, 1.54) is 12.0 Å². The lowest BCUT2D eigenvalue weighted by molar-refractivity contribution is 0.264. The van der Waals surface area contributed by atoms with Crippen molar-refractivity contribution in [2.45, 2.75) is 19.0 Å². The maximum Gasteiger partial charge on any atom is 0.129 e. The second-order valence-corrected chi connectivity index (χ2v) is 5.78. The van der Waals surface area contributed by atoms with Crippen molar-refractivity contribution in [3.63, 3.8) is 0 Å². The minimum Gasteiger partial charge on any atom is -0.507 e. The first-order valence-corrected chi connectivity index (χ1v) is 6.71. The number of likely N-dealkylation sites (tertiary alicyclic amines) is 1. The van der Waals surface area contributed by atoms with Crippen LogP contribution in [0.15, 0.2) is 22.7 Å². The van der Waals surface area contributed by atoms with E-state index in [9.17, 15) is 5.11 Å². The van der Waals surface area contributed by atoms with Gasteiger partial charge < -0.3 is 10.0 Å². The molecule has 94 valence electrons. The van der Waals surface area contributed by atoms with Crippen molar-refractivity contribution in [1.29, 1.82) is 0 Å². The summed E-state index contributed by atoms with van der Waals surface area (Å²) in [6, 6.07) is 6.41. The molecular weight excluding hydrogens is 280 g/mol. The van der Waals surface area contributed by atoms with Crippen LogP contribution >= 0.6 is 15.9 Å². The van der Waals surface area contributed by atoms with Crippen molar-refractivity contribution < 1.29 is 5.11 Å². The molecule has 1 aromatic carbocycles. The maximum atomic E-state index is 9.45. The molecule has 0 amide bonds. The number of phenolic OH excluding ortho intramolecular Hbond substituents is 1. The molecule has 1 saturated heterocycles. The third kappa shape index (κ3) is 3.21. The van der Waals surface area contributed by atoms with Crippen LogP contribution in [0.5, 0.6) is 5.75 Å². The zero-order valence-electron chi connectivity index (χ0n) is 10.4.